The highest BCUT2D eigenvalue weighted by Gasteiger charge is 2.22. The molecule has 0 aliphatic carbocycles. The van der Waals surface area contributed by atoms with Crippen molar-refractivity contribution >= 4 is 6.09 Å². The normalized spacial score (nSPS) is 19.4. The minimum Gasteiger partial charge on any atom is -0.444 e. The first kappa shape index (κ1) is 12.2. The quantitative estimate of drug-likeness (QED) is 0.726. The summed E-state index contributed by atoms with van der Waals surface area (Å²) in [7, 11) is 0. The van der Waals surface area contributed by atoms with Crippen LogP contribution in [0.3, 0.4) is 0 Å². The third kappa shape index (κ3) is 4.46. The van der Waals surface area contributed by atoms with Crippen molar-refractivity contribution in [1.82, 2.24) is 0 Å². The zero-order chi connectivity index (χ0) is 11.3. The largest absolute Gasteiger partial charge is 0.444 e. The molecule has 1 rings (SSSR count). The second kappa shape index (κ2) is 5.89. The standard InChI is InChI=1S/C9H17NO5/c1-6(2)7(15-8(10)11)5-14-9-12-3-4-13-9/h6-7,9H,3-5H2,1-2H3,(H2,10,11)/t7-/m0/s1. The summed E-state index contributed by atoms with van der Waals surface area (Å²) in [5.41, 5.74) is 4.94. The Labute approximate surface area is 88.6 Å². The Morgan fingerprint density at radius 3 is 2.53 bits per heavy atom. The van der Waals surface area contributed by atoms with Crippen LogP contribution in [0.5, 0.6) is 0 Å². The smallest absolute Gasteiger partial charge is 0.404 e. The topological polar surface area (TPSA) is 80.0 Å². The molecule has 15 heavy (non-hydrogen) atoms. The zero-order valence-electron chi connectivity index (χ0n) is 8.97. The lowest BCUT2D eigenvalue weighted by molar-refractivity contribution is -0.240. The van der Waals surface area contributed by atoms with Gasteiger partial charge in [0, 0.05) is 0 Å². The molecule has 0 spiro atoms. The number of carbonyl (C=O) groups is 1. The minimum atomic E-state index is -0.800. The summed E-state index contributed by atoms with van der Waals surface area (Å²) in [6, 6.07) is 0. The second-order valence-corrected chi connectivity index (χ2v) is 3.58. The fourth-order valence-corrected chi connectivity index (χ4v) is 1.12. The average Bonchev–Trinajstić information content (AvgIpc) is 2.63. The Kier molecular flexibility index (Phi) is 4.80. The number of nitrogens with two attached hydrogens (primary N) is 1. The Balaban J connectivity index is 2.27. The molecule has 6 nitrogen and oxygen atoms in total. The van der Waals surface area contributed by atoms with Gasteiger partial charge in [0.05, 0.1) is 19.8 Å². The molecule has 2 N–H and O–H groups in total. The van der Waals surface area contributed by atoms with E-state index in [0.717, 1.165) is 0 Å². The van der Waals surface area contributed by atoms with Crippen LogP contribution in [0.1, 0.15) is 13.8 Å². The Bertz CT molecular complexity index is 203. The van der Waals surface area contributed by atoms with Crippen LogP contribution in [0.4, 0.5) is 4.79 Å². The number of carbonyl (C=O) groups excluding carboxylic acids is 1. The van der Waals surface area contributed by atoms with Gasteiger partial charge in [-0.2, -0.15) is 0 Å². The van der Waals surface area contributed by atoms with Gasteiger partial charge in [-0.1, -0.05) is 13.8 Å². The molecular formula is C9H17NO5. The number of primary amides is 1. The summed E-state index contributed by atoms with van der Waals surface area (Å²) in [6.45, 7) is 4.43. The van der Waals surface area contributed by atoms with E-state index in [9.17, 15) is 4.79 Å². The lowest BCUT2D eigenvalue weighted by atomic mass is 10.1. The van der Waals surface area contributed by atoms with Gasteiger partial charge in [0.1, 0.15) is 6.10 Å². The van der Waals surface area contributed by atoms with Crippen LogP contribution in [-0.2, 0) is 18.9 Å². The van der Waals surface area contributed by atoms with Crippen LogP contribution in [0.25, 0.3) is 0 Å². The molecular weight excluding hydrogens is 202 g/mol. The van der Waals surface area contributed by atoms with Gasteiger partial charge >= 0.3 is 6.09 Å². The van der Waals surface area contributed by atoms with Crippen molar-refractivity contribution in [3.8, 4) is 0 Å². The van der Waals surface area contributed by atoms with Crippen LogP contribution >= 0.6 is 0 Å². The van der Waals surface area contributed by atoms with Crippen molar-refractivity contribution in [2.24, 2.45) is 11.7 Å². The predicted octanol–water partition coefficient (Wildman–Crippen LogP) is 0.453. The molecule has 0 aromatic heterocycles. The second-order valence-electron chi connectivity index (χ2n) is 3.58. The molecule has 0 saturated carbocycles. The highest BCUT2D eigenvalue weighted by Crippen LogP contribution is 2.11. The molecule has 0 radical (unpaired) electrons. The van der Waals surface area contributed by atoms with E-state index < -0.39 is 12.6 Å². The molecule has 1 aliphatic heterocycles. The number of amides is 1. The van der Waals surface area contributed by atoms with Crippen molar-refractivity contribution in [3.05, 3.63) is 0 Å². The van der Waals surface area contributed by atoms with Crippen LogP contribution < -0.4 is 5.73 Å². The number of rotatable bonds is 5. The van der Waals surface area contributed by atoms with Crippen LogP contribution in [0.15, 0.2) is 0 Å². The Hall–Kier alpha value is -0.850. The molecule has 1 saturated heterocycles. The van der Waals surface area contributed by atoms with E-state index >= 15 is 0 Å². The lowest BCUT2D eigenvalue weighted by Crippen LogP contribution is -2.33. The molecule has 0 bridgehead atoms. The third-order valence-corrected chi connectivity index (χ3v) is 2.00. The number of hydrogen-bond acceptors (Lipinski definition) is 5. The van der Waals surface area contributed by atoms with Gasteiger partial charge in [-0.15, -0.1) is 0 Å². The van der Waals surface area contributed by atoms with Gasteiger partial charge in [-0.25, -0.2) is 4.79 Å². The van der Waals surface area contributed by atoms with Gasteiger partial charge in [0.15, 0.2) is 0 Å². The summed E-state index contributed by atoms with van der Waals surface area (Å²) in [5, 5.41) is 0. The van der Waals surface area contributed by atoms with E-state index in [4.69, 9.17) is 24.7 Å². The molecule has 1 atom stereocenters. The first-order chi connectivity index (χ1) is 7.09. The fraction of sp³-hybridized carbons (Fsp3) is 0.889. The molecule has 0 unspecified atom stereocenters. The van der Waals surface area contributed by atoms with Gasteiger partial charge < -0.3 is 24.7 Å². The molecule has 6 heteroatoms. The van der Waals surface area contributed by atoms with E-state index in [0.29, 0.717) is 13.2 Å². The SMILES string of the molecule is CC(C)[C@H](COC1OCCO1)OC(N)=O. The first-order valence-corrected chi connectivity index (χ1v) is 4.90. The minimum absolute atomic E-state index is 0.124. The van der Waals surface area contributed by atoms with Crippen LogP contribution in [0.2, 0.25) is 0 Å². The maximum Gasteiger partial charge on any atom is 0.404 e. The first-order valence-electron chi connectivity index (χ1n) is 4.90. The Morgan fingerprint density at radius 1 is 1.47 bits per heavy atom. The monoisotopic (exact) mass is 219 g/mol. The maximum absolute atomic E-state index is 10.6. The summed E-state index contributed by atoms with van der Waals surface area (Å²) >= 11 is 0. The molecule has 88 valence electrons. The fourth-order valence-electron chi connectivity index (χ4n) is 1.12. The van der Waals surface area contributed by atoms with Crippen molar-refractivity contribution in [3.63, 3.8) is 0 Å². The molecule has 0 aromatic rings. The van der Waals surface area contributed by atoms with E-state index in [1.54, 1.807) is 0 Å². The molecule has 1 amide bonds. The molecule has 1 heterocycles. The Morgan fingerprint density at radius 2 is 2.07 bits per heavy atom. The predicted molar refractivity (Wildman–Crippen MR) is 50.9 cm³/mol. The van der Waals surface area contributed by atoms with E-state index in [-0.39, 0.29) is 18.6 Å². The van der Waals surface area contributed by atoms with E-state index in [1.807, 2.05) is 13.8 Å². The van der Waals surface area contributed by atoms with Crippen LogP contribution in [0, 0.1) is 5.92 Å². The summed E-state index contributed by atoms with van der Waals surface area (Å²) < 4.78 is 20.3. The zero-order valence-corrected chi connectivity index (χ0v) is 8.97. The lowest BCUT2D eigenvalue weighted by Gasteiger charge is -2.21. The van der Waals surface area contributed by atoms with Gasteiger partial charge in [0.25, 0.3) is 6.48 Å². The maximum atomic E-state index is 10.6. The van der Waals surface area contributed by atoms with Crippen molar-refractivity contribution < 1.29 is 23.7 Å². The van der Waals surface area contributed by atoms with Gasteiger partial charge in [-0.3, -0.25) is 0 Å². The summed E-state index contributed by atoms with van der Waals surface area (Å²) in [5.74, 6) is 0.124. The third-order valence-electron chi connectivity index (χ3n) is 2.00. The highest BCUT2D eigenvalue weighted by atomic mass is 16.9. The molecule has 1 aliphatic rings. The summed E-state index contributed by atoms with van der Waals surface area (Å²) in [4.78, 5) is 10.6. The average molecular weight is 219 g/mol. The van der Waals surface area contributed by atoms with E-state index in [1.165, 1.54) is 0 Å². The molecule has 0 aromatic carbocycles. The highest BCUT2D eigenvalue weighted by molar-refractivity contribution is 5.64. The van der Waals surface area contributed by atoms with E-state index in [2.05, 4.69) is 0 Å². The van der Waals surface area contributed by atoms with Crippen molar-refractivity contribution in [1.29, 1.82) is 0 Å². The summed E-state index contributed by atoms with van der Waals surface area (Å²) in [6.07, 6.45) is -1.18. The molecule has 1 fully saturated rings. The number of hydrogen-bond donors (Lipinski definition) is 1. The van der Waals surface area contributed by atoms with Gasteiger partial charge in [0.2, 0.25) is 0 Å². The number of ether oxygens (including phenoxy) is 4. The van der Waals surface area contributed by atoms with Crippen LogP contribution in [-0.4, -0.2) is 38.5 Å². The van der Waals surface area contributed by atoms with Crippen molar-refractivity contribution in [2.45, 2.75) is 26.4 Å². The van der Waals surface area contributed by atoms with Gasteiger partial charge in [-0.05, 0) is 5.92 Å². The van der Waals surface area contributed by atoms with Crippen molar-refractivity contribution in [2.75, 3.05) is 19.8 Å².